The Morgan fingerprint density at radius 3 is 2.54 bits per heavy atom. The van der Waals surface area contributed by atoms with E-state index < -0.39 is 0 Å². The van der Waals surface area contributed by atoms with Crippen molar-refractivity contribution in [3.8, 4) is 0 Å². The van der Waals surface area contributed by atoms with Crippen molar-refractivity contribution in [2.75, 3.05) is 26.2 Å². The van der Waals surface area contributed by atoms with Crippen LogP contribution in [0.25, 0.3) is 0 Å². The van der Waals surface area contributed by atoms with Crippen molar-refractivity contribution < 1.29 is 4.79 Å². The van der Waals surface area contributed by atoms with E-state index in [1.54, 1.807) is 6.07 Å². The number of carbonyl (C=O) groups excluding carboxylic acids is 1. The molecule has 1 N–H and O–H groups in total. The first-order valence-corrected chi connectivity index (χ1v) is 9.27. The average molecular weight is 352 g/mol. The number of nitrogens with one attached hydrogen (secondary N) is 1. The number of rotatable bonds is 3. The summed E-state index contributed by atoms with van der Waals surface area (Å²) in [5, 5.41) is 7.77. The molecule has 2 saturated heterocycles. The van der Waals surface area contributed by atoms with Crippen molar-refractivity contribution in [3.63, 3.8) is 0 Å². The Hall–Kier alpha value is -2.47. The van der Waals surface area contributed by atoms with Crippen LogP contribution in [0.4, 0.5) is 0 Å². The van der Waals surface area contributed by atoms with Crippen LogP contribution in [-0.2, 0) is 6.54 Å². The number of aromatic nitrogens is 2. The number of nitrogens with zero attached hydrogens (tertiary/aromatic N) is 3. The molecule has 0 atom stereocenters. The van der Waals surface area contributed by atoms with Crippen LogP contribution in [0, 0.1) is 5.41 Å². The summed E-state index contributed by atoms with van der Waals surface area (Å²) in [6.07, 6.45) is 3.28. The molecule has 2 aliphatic heterocycles. The van der Waals surface area contributed by atoms with Gasteiger partial charge in [0.2, 0.25) is 0 Å². The maximum absolute atomic E-state index is 12.9. The van der Waals surface area contributed by atoms with Crippen molar-refractivity contribution in [2.24, 2.45) is 5.41 Å². The molecule has 0 unspecified atom stereocenters. The van der Waals surface area contributed by atoms with Gasteiger partial charge in [-0.05, 0) is 42.9 Å². The quantitative estimate of drug-likeness (QED) is 0.909. The molecule has 1 aromatic carbocycles. The highest BCUT2D eigenvalue weighted by Crippen LogP contribution is 2.37. The molecule has 6 nitrogen and oxygen atoms in total. The Labute approximate surface area is 152 Å². The Bertz CT molecular complexity index is 830. The van der Waals surface area contributed by atoms with Gasteiger partial charge in [-0.2, -0.15) is 5.10 Å². The predicted molar refractivity (Wildman–Crippen MR) is 99.1 cm³/mol. The number of hydrogen-bond acceptors (Lipinski definition) is 4. The Balaban J connectivity index is 1.48. The molecule has 2 aliphatic rings. The fourth-order valence-corrected chi connectivity index (χ4v) is 4.00. The van der Waals surface area contributed by atoms with Crippen molar-refractivity contribution in [3.05, 3.63) is 64.1 Å². The van der Waals surface area contributed by atoms with E-state index in [4.69, 9.17) is 0 Å². The number of hydrogen-bond donors (Lipinski definition) is 1. The first kappa shape index (κ1) is 17.0. The van der Waals surface area contributed by atoms with Crippen molar-refractivity contribution in [2.45, 2.75) is 25.8 Å². The molecule has 4 rings (SSSR count). The summed E-state index contributed by atoms with van der Waals surface area (Å²) in [6, 6.07) is 12.7. The normalized spacial score (nSPS) is 19.0. The standard InChI is InChI=1S/C20H24N4O2/c25-18-7-6-17(22-24(18)14-16-4-2-1-3-5-16)19(26)23-12-9-20(10-13-23)8-11-21-15-20/h1-7,21H,8-15H2. The zero-order valence-electron chi connectivity index (χ0n) is 14.9. The van der Waals surface area contributed by atoms with Crippen LogP contribution in [0.2, 0.25) is 0 Å². The summed E-state index contributed by atoms with van der Waals surface area (Å²) in [4.78, 5) is 26.8. The van der Waals surface area contributed by atoms with Gasteiger partial charge in [0.05, 0.1) is 6.54 Å². The number of amides is 1. The third-order valence-corrected chi connectivity index (χ3v) is 5.70. The Morgan fingerprint density at radius 1 is 1.08 bits per heavy atom. The van der Waals surface area contributed by atoms with Crippen molar-refractivity contribution in [1.29, 1.82) is 0 Å². The molecule has 0 saturated carbocycles. The molecule has 6 heteroatoms. The second-order valence-electron chi connectivity index (χ2n) is 7.42. The smallest absolute Gasteiger partial charge is 0.274 e. The van der Waals surface area contributed by atoms with Gasteiger partial charge in [-0.3, -0.25) is 9.59 Å². The highest BCUT2D eigenvalue weighted by atomic mass is 16.2. The number of carbonyl (C=O) groups is 1. The molecular formula is C20H24N4O2. The topological polar surface area (TPSA) is 67.2 Å². The maximum Gasteiger partial charge on any atom is 0.274 e. The average Bonchev–Trinajstić information content (AvgIpc) is 3.12. The van der Waals surface area contributed by atoms with Gasteiger partial charge >= 0.3 is 0 Å². The minimum absolute atomic E-state index is 0.0763. The van der Waals surface area contributed by atoms with Gasteiger partial charge in [0, 0.05) is 25.7 Å². The van der Waals surface area contributed by atoms with Gasteiger partial charge < -0.3 is 10.2 Å². The van der Waals surface area contributed by atoms with E-state index in [1.165, 1.54) is 17.2 Å². The molecule has 0 bridgehead atoms. The van der Waals surface area contributed by atoms with Crippen LogP contribution in [0.1, 0.15) is 35.3 Å². The minimum Gasteiger partial charge on any atom is -0.337 e. The van der Waals surface area contributed by atoms with Crippen LogP contribution in [-0.4, -0.2) is 46.8 Å². The van der Waals surface area contributed by atoms with Gasteiger partial charge in [0.15, 0.2) is 0 Å². The van der Waals surface area contributed by atoms with E-state index in [0.29, 0.717) is 17.7 Å². The van der Waals surface area contributed by atoms with Crippen LogP contribution in [0.3, 0.4) is 0 Å². The van der Waals surface area contributed by atoms with Crippen molar-refractivity contribution in [1.82, 2.24) is 20.0 Å². The predicted octanol–water partition coefficient (Wildman–Crippen LogP) is 1.51. The molecule has 3 heterocycles. The van der Waals surface area contributed by atoms with Crippen LogP contribution >= 0.6 is 0 Å². The summed E-state index contributed by atoms with van der Waals surface area (Å²) in [7, 11) is 0. The van der Waals surface area contributed by atoms with Gasteiger partial charge in [0.25, 0.3) is 11.5 Å². The lowest BCUT2D eigenvalue weighted by Crippen LogP contribution is -2.44. The summed E-state index contributed by atoms with van der Waals surface area (Å²) in [5.74, 6) is -0.0763. The third kappa shape index (κ3) is 3.42. The lowest BCUT2D eigenvalue weighted by Gasteiger charge is -2.38. The Morgan fingerprint density at radius 2 is 1.85 bits per heavy atom. The molecule has 0 aliphatic carbocycles. The largest absolute Gasteiger partial charge is 0.337 e. The SMILES string of the molecule is O=C(c1ccc(=O)n(Cc2ccccc2)n1)N1CCC2(CCNC2)CC1. The van der Waals surface area contributed by atoms with E-state index in [0.717, 1.165) is 44.6 Å². The first-order chi connectivity index (χ1) is 12.7. The van der Waals surface area contributed by atoms with Gasteiger partial charge in [-0.25, -0.2) is 4.68 Å². The Kier molecular flexibility index (Phi) is 4.59. The van der Waals surface area contributed by atoms with Gasteiger partial charge in [-0.15, -0.1) is 0 Å². The van der Waals surface area contributed by atoms with Gasteiger partial charge in [-0.1, -0.05) is 30.3 Å². The lowest BCUT2D eigenvalue weighted by atomic mass is 9.78. The second kappa shape index (κ2) is 7.03. The summed E-state index contributed by atoms with van der Waals surface area (Å²) < 4.78 is 1.37. The fourth-order valence-electron chi connectivity index (χ4n) is 4.00. The van der Waals surface area contributed by atoms with E-state index >= 15 is 0 Å². The molecule has 1 amide bonds. The highest BCUT2D eigenvalue weighted by molar-refractivity contribution is 5.92. The summed E-state index contributed by atoms with van der Waals surface area (Å²) in [5.41, 5.74) is 1.51. The number of likely N-dealkylation sites (tertiary alicyclic amines) is 1. The maximum atomic E-state index is 12.9. The molecule has 136 valence electrons. The fraction of sp³-hybridized carbons (Fsp3) is 0.450. The first-order valence-electron chi connectivity index (χ1n) is 9.27. The minimum atomic E-state index is -0.194. The molecule has 2 aromatic rings. The monoisotopic (exact) mass is 352 g/mol. The molecule has 2 fully saturated rings. The zero-order chi connectivity index (χ0) is 18.0. The van der Waals surface area contributed by atoms with Crippen molar-refractivity contribution >= 4 is 5.91 Å². The van der Waals surface area contributed by atoms with Crippen LogP contribution in [0.15, 0.2) is 47.3 Å². The third-order valence-electron chi connectivity index (χ3n) is 5.70. The van der Waals surface area contributed by atoms with Gasteiger partial charge in [0.1, 0.15) is 5.69 Å². The molecule has 0 radical (unpaired) electrons. The molecule has 1 spiro atoms. The summed E-state index contributed by atoms with van der Waals surface area (Å²) >= 11 is 0. The molecule has 26 heavy (non-hydrogen) atoms. The number of benzene rings is 1. The molecule has 1 aromatic heterocycles. The molecular weight excluding hydrogens is 328 g/mol. The van der Waals surface area contributed by atoms with E-state index in [-0.39, 0.29) is 11.5 Å². The van der Waals surface area contributed by atoms with E-state index in [1.807, 2.05) is 35.2 Å². The second-order valence-corrected chi connectivity index (χ2v) is 7.42. The van der Waals surface area contributed by atoms with E-state index in [9.17, 15) is 9.59 Å². The van der Waals surface area contributed by atoms with Crippen LogP contribution < -0.4 is 10.9 Å². The zero-order valence-corrected chi connectivity index (χ0v) is 14.9. The number of piperidine rings is 1. The lowest BCUT2D eigenvalue weighted by molar-refractivity contribution is 0.0599. The van der Waals surface area contributed by atoms with E-state index in [2.05, 4.69) is 10.4 Å². The summed E-state index contributed by atoms with van der Waals surface area (Å²) in [6.45, 7) is 4.05. The highest BCUT2D eigenvalue weighted by Gasteiger charge is 2.38. The van der Waals surface area contributed by atoms with Crippen LogP contribution in [0.5, 0.6) is 0 Å².